The van der Waals surface area contributed by atoms with E-state index >= 15 is 0 Å². The zero-order valence-corrected chi connectivity index (χ0v) is 20.6. The highest BCUT2D eigenvalue weighted by Gasteiger charge is 2.34. The number of carbonyl (C=O) groups is 2. The predicted octanol–water partition coefficient (Wildman–Crippen LogP) is 6.17. The molecule has 2 amide bonds. The van der Waals surface area contributed by atoms with Gasteiger partial charge in [-0.15, -0.1) is 17.9 Å². The lowest BCUT2D eigenvalue weighted by molar-refractivity contribution is -0.133. The smallest absolute Gasteiger partial charge is 0.256 e. The van der Waals surface area contributed by atoms with Gasteiger partial charge < -0.3 is 9.80 Å². The number of amides is 2. The second-order valence-electron chi connectivity index (χ2n) is 8.05. The summed E-state index contributed by atoms with van der Waals surface area (Å²) in [6.45, 7) is 6.57. The van der Waals surface area contributed by atoms with Crippen LogP contribution in [0, 0.1) is 6.92 Å². The molecule has 0 saturated carbocycles. The summed E-state index contributed by atoms with van der Waals surface area (Å²) in [5.74, 6) is -0.442. The van der Waals surface area contributed by atoms with Crippen molar-refractivity contribution in [2.45, 2.75) is 19.4 Å². The SMILES string of the molecule is C=CCN(CC(=O)N1CCc2sccc2C1c1ccc(C)cc1)C(=O)c1ccc(Cl)cc1Cl. The van der Waals surface area contributed by atoms with Gasteiger partial charge in [-0.3, -0.25) is 9.59 Å². The van der Waals surface area contributed by atoms with E-state index in [-0.39, 0.29) is 36.0 Å². The molecule has 33 heavy (non-hydrogen) atoms. The molecule has 1 aliphatic heterocycles. The number of halogens is 2. The van der Waals surface area contributed by atoms with E-state index in [0.717, 1.165) is 17.5 Å². The van der Waals surface area contributed by atoms with E-state index in [1.807, 2.05) is 11.8 Å². The van der Waals surface area contributed by atoms with E-state index in [2.05, 4.69) is 42.3 Å². The first kappa shape index (κ1) is 23.6. The molecule has 4 nitrogen and oxygen atoms in total. The summed E-state index contributed by atoms with van der Waals surface area (Å²) in [6.07, 6.45) is 2.42. The van der Waals surface area contributed by atoms with Gasteiger partial charge in [0.15, 0.2) is 0 Å². The molecule has 0 spiro atoms. The lowest BCUT2D eigenvalue weighted by atomic mass is 9.92. The van der Waals surface area contributed by atoms with Crippen molar-refractivity contribution in [1.29, 1.82) is 0 Å². The highest BCUT2D eigenvalue weighted by Crippen LogP contribution is 2.38. The molecular weight excluding hydrogens is 475 g/mol. The minimum absolute atomic E-state index is 0.0638. The predicted molar refractivity (Wildman–Crippen MR) is 135 cm³/mol. The van der Waals surface area contributed by atoms with E-state index in [0.29, 0.717) is 17.1 Å². The maximum atomic E-state index is 13.6. The minimum Gasteiger partial charge on any atom is -0.330 e. The van der Waals surface area contributed by atoms with Gasteiger partial charge in [0.05, 0.1) is 16.6 Å². The first-order valence-electron chi connectivity index (χ1n) is 10.7. The van der Waals surface area contributed by atoms with Gasteiger partial charge in [0.2, 0.25) is 5.91 Å². The van der Waals surface area contributed by atoms with Crippen molar-refractivity contribution in [3.05, 3.63) is 104 Å². The second kappa shape index (κ2) is 10.1. The Labute approximate surface area is 208 Å². The highest BCUT2D eigenvalue weighted by atomic mass is 35.5. The fourth-order valence-electron chi connectivity index (χ4n) is 4.16. The van der Waals surface area contributed by atoms with Crippen LogP contribution in [0.15, 0.2) is 66.6 Å². The molecule has 1 atom stereocenters. The maximum Gasteiger partial charge on any atom is 0.256 e. The molecular formula is C26H24Cl2N2O2S. The van der Waals surface area contributed by atoms with Crippen LogP contribution in [0.1, 0.15) is 38.0 Å². The van der Waals surface area contributed by atoms with Crippen molar-refractivity contribution in [3.63, 3.8) is 0 Å². The van der Waals surface area contributed by atoms with Crippen LogP contribution in [-0.2, 0) is 11.2 Å². The molecule has 7 heteroatoms. The number of hydrogen-bond acceptors (Lipinski definition) is 3. The van der Waals surface area contributed by atoms with Crippen LogP contribution >= 0.6 is 34.5 Å². The number of rotatable bonds is 6. The Kier molecular flexibility index (Phi) is 7.23. The monoisotopic (exact) mass is 498 g/mol. The van der Waals surface area contributed by atoms with Gasteiger partial charge >= 0.3 is 0 Å². The summed E-state index contributed by atoms with van der Waals surface area (Å²) < 4.78 is 0. The van der Waals surface area contributed by atoms with Crippen LogP contribution < -0.4 is 0 Å². The fourth-order valence-corrected chi connectivity index (χ4v) is 5.55. The summed E-state index contributed by atoms with van der Waals surface area (Å²) >= 11 is 14.0. The number of aryl methyl sites for hydroxylation is 1. The van der Waals surface area contributed by atoms with Crippen molar-refractivity contribution in [2.24, 2.45) is 0 Å². The average molecular weight is 499 g/mol. The number of hydrogen-bond donors (Lipinski definition) is 0. The quantitative estimate of drug-likeness (QED) is 0.381. The largest absolute Gasteiger partial charge is 0.330 e. The van der Waals surface area contributed by atoms with E-state index in [1.54, 1.807) is 29.5 Å². The van der Waals surface area contributed by atoms with Gasteiger partial charge in [0, 0.05) is 23.0 Å². The molecule has 0 saturated heterocycles. The Morgan fingerprint density at radius 2 is 1.94 bits per heavy atom. The fraction of sp³-hybridized carbons (Fsp3) is 0.231. The van der Waals surface area contributed by atoms with Crippen LogP contribution in [0.3, 0.4) is 0 Å². The molecule has 4 rings (SSSR count). The summed E-state index contributed by atoms with van der Waals surface area (Å²) in [7, 11) is 0. The second-order valence-corrected chi connectivity index (χ2v) is 9.89. The van der Waals surface area contributed by atoms with Gasteiger partial charge in [-0.2, -0.15) is 0 Å². The molecule has 2 aromatic carbocycles. The lowest BCUT2D eigenvalue weighted by Gasteiger charge is -2.37. The third-order valence-electron chi connectivity index (χ3n) is 5.80. The third kappa shape index (κ3) is 5.01. The highest BCUT2D eigenvalue weighted by molar-refractivity contribution is 7.10. The molecule has 1 unspecified atom stereocenters. The Morgan fingerprint density at radius 3 is 2.64 bits per heavy atom. The zero-order valence-electron chi connectivity index (χ0n) is 18.3. The normalized spacial score (nSPS) is 15.1. The van der Waals surface area contributed by atoms with Gasteiger partial charge in [-0.25, -0.2) is 0 Å². The van der Waals surface area contributed by atoms with Gasteiger partial charge in [0.25, 0.3) is 5.91 Å². The Morgan fingerprint density at radius 1 is 1.18 bits per heavy atom. The van der Waals surface area contributed by atoms with E-state index in [1.165, 1.54) is 21.4 Å². The van der Waals surface area contributed by atoms with Crippen LogP contribution in [0.4, 0.5) is 0 Å². The molecule has 0 aliphatic carbocycles. The summed E-state index contributed by atoms with van der Waals surface area (Å²) in [5, 5.41) is 2.78. The Bertz CT molecular complexity index is 1190. The van der Waals surface area contributed by atoms with E-state index in [9.17, 15) is 9.59 Å². The van der Waals surface area contributed by atoms with Crippen LogP contribution in [-0.4, -0.2) is 41.2 Å². The molecule has 1 aliphatic rings. The lowest BCUT2D eigenvalue weighted by Crippen LogP contribution is -2.46. The number of nitrogens with zero attached hydrogens (tertiary/aromatic N) is 2. The summed E-state index contributed by atoms with van der Waals surface area (Å²) in [4.78, 5) is 31.5. The van der Waals surface area contributed by atoms with Crippen molar-refractivity contribution in [3.8, 4) is 0 Å². The molecule has 170 valence electrons. The number of thiophene rings is 1. The molecule has 2 heterocycles. The maximum absolute atomic E-state index is 13.6. The van der Waals surface area contributed by atoms with Crippen LogP contribution in [0.2, 0.25) is 10.0 Å². The van der Waals surface area contributed by atoms with Crippen LogP contribution in [0.5, 0.6) is 0 Å². The third-order valence-corrected chi connectivity index (χ3v) is 7.35. The summed E-state index contributed by atoms with van der Waals surface area (Å²) in [5.41, 5.74) is 3.70. The molecule has 0 bridgehead atoms. The number of fused-ring (bicyclic) bond motifs is 1. The first-order valence-corrected chi connectivity index (χ1v) is 12.3. The zero-order chi connectivity index (χ0) is 23.5. The standard InChI is InChI=1S/C26H24Cl2N2O2S/c1-3-12-29(26(32)20-9-8-19(27)15-22(20)28)16-24(31)30-13-10-23-21(11-14-33-23)25(30)18-6-4-17(2)5-7-18/h3-9,11,14-15,25H,1,10,12-13,16H2,2H3. The van der Waals surface area contributed by atoms with Crippen LogP contribution in [0.25, 0.3) is 0 Å². The van der Waals surface area contributed by atoms with Gasteiger partial charge in [-0.05, 0) is 54.1 Å². The average Bonchev–Trinajstić information content (AvgIpc) is 3.27. The Balaban J connectivity index is 1.62. The van der Waals surface area contributed by atoms with Crippen molar-refractivity contribution < 1.29 is 9.59 Å². The van der Waals surface area contributed by atoms with Crippen molar-refractivity contribution >= 4 is 46.4 Å². The molecule has 0 fully saturated rings. The topological polar surface area (TPSA) is 40.6 Å². The molecule has 0 radical (unpaired) electrons. The number of benzene rings is 2. The van der Waals surface area contributed by atoms with E-state index < -0.39 is 0 Å². The van der Waals surface area contributed by atoms with E-state index in [4.69, 9.17) is 23.2 Å². The first-order chi connectivity index (χ1) is 15.9. The minimum atomic E-state index is -0.329. The Hall–Kier alpha value is -2.60. The van der Waals surface area contributed by atoms with Gasteiger partial charge in [0.1, 0.15) is 6.54 Å². The van der Waals surface area contributed by atoms with Gasteiger partial charge in [-0.1, -0.05) is 59.1 Å². The molecule has 3 aromatic rings. The molecule has 0 N–H and O–H groups in total. The number of carbonyl (C=O) groups excluding carboxylic acids is 2. The van der Waals surface area contributed by atoms with Crippen molar-refractivity contribution in [2.75, 3.05) is 19.6 Å². The van der Waals surface area contributed by atoms with Crippen molar-refractivity contribution in [1.82, 2.24) is 9.80 Å². The summed E-state index contributed by atoms with van der Waals surface area (Å²) in [6, 6.07) is 14.9. The molecule has 1 aromatic heterocycles.